The van der Waals surface area contributed by atoms with Gasteiger partial charge < -0.3 is 14.6 Å². The van der Waals surface area contributed by atoms with Gasteiger partial charge in [-0.2, -0.15) is 4.98 Å². The van der Waals surface area contributed by atoms with Crippen LogP contribution in [0.1, 0.15) is 12.3 Å². The number of hydrogen-bond acceptors (Lipinski definition) is 5. The van der Waals surface area contributed by atoms with E-state index in [0.717, 1.165) is 11.3 Å². The van der Waals surface area contributed by atoms with Crippen LogP contribution in [0.25, 0.3) is 11.4 Å². The number of ether oxygens (including phenoxy) is 1. The van der Waals surface area contributed by atoms with E-state index in [-0.39, 0.29) is 24.4 Å². The number of aryl methyl sites for hydroxylation is 1. The van der Waals surface area contributed by atoms with E-state index < -0.39 is 5.82 Å². The number of carbonyl (C=O) groups is 1. The second-order valence-corrected chi connectivity index (χ2v) is 5.27. The minimum Gasteiger partial charge on any atom is -0.497 e. The molecule has 0 atom stereocenters. The van der Waals surface area contributed by atoms with Crippen LogP contribution in [0.15, 0.2) is 53.1 Å². The Hall–Kier alpha value is -3.22. The van der Waals surface area contributed by atoms with E-state index in [4.69, 9.17) is 9.26 Å². The smallest absolute Gasteiger partial charge is 0.227 e. The Morgan fingerprint density at radius 3 is 2.68 bits per heavy atom. The Labute approximate surface area is 143 Å². The van der Waals surface area contributed by atoms with Crippen molar-refractivity contribution in [1.82, 2.24) is 10.1 Å². The van der Waals surface area contributed by atoms with Crippen LogP contribution in [0.4, 0.5) is 10.1 Å². The molecule has 3 rings (SSSR count). The number of halogens is 1. The molecule has 1 N–H and O–H groups in total. The van der Waals surface area contributed by atoms with Crippen molar-refractivity contribution in [3.63, 3.8) is 0 Å². The fourth-order valence-electron chi connectivity index (χ4n) is 2.21. The summed E-state index contributed by atoms with van der Waals surface area (Å²) >= 11 is 0. The molecule has 0 radical (unpaired) electrons. The molecule has 0 spiro atoms. The van der Waals surface area contributed by atoms with Gasteiger partial charge in [-0.15, -0.1) is 0 Å². The molecular weight excluding hydrogens is 325 g/mol. The Balaban J connectivity index is 1.58. The number of hydrogen-bond donors (Lipinski definition) is 1. The zero-order chi connectivity index (χ0) is 17.6. The molecule has 25 heavy (non-hydrogen) atoms. The lowest BCUT2D eigenvalue weighted by atomic mass is 10.2. The average Bonchev–Trinajstić information content (AvgIpc) is 3.11. The molecule has 128 valence electrons. The van der Waals surface area contributed by atoms with Gasteiger partial charge >= 0.3 is 0 Å². The van der Waals surface area contributed by atoms with Gasteiger partial charge in [0, 0.05) is 18.4 Å². The summed E-state index contributed by atoms with van der Waals surface area (Å²) in [5.74, 6) is 0.712. The second kappa shape index (κ2) is 7.57. The SMILES string of the molecule is COc1ccc(-c2noc(CCC(=O)Nc3ccccc3F)n2)cc1. The van der Waals surface area contributed by atoms with Gasteiger partial charge in [0.05, 0.1) is 12.8 Å². The van der Waals surface area contributed by atoms with E-state index in [2.05, 4.69) is 15.5 Å². The predicted molar refractivity (Wildman–Crippen MR) is 89.6 cm³/mol. The van der Waals surface area contributed by atoms with Crippen molar-refractivity contribution in [2.45, 2.75) is 12.8 Å². The third-order valence-electron chi connectivity index (χ3n) is 3.53. The fraction of sp³-hybridized carbons (Fsp3) is 0.167. The van der Waals surface area contributed by atoms with E-state index in [0.29, 0.717) is 11.7 Å². The van der Waals surface area contributed by atoms with Gasteiger partial charge in [-0.05, 0) is 36.4 Å². The molecule has 2 aromatic carbocycles. The van der Waals surface area contributed by atoms with Crippen LogP contribution in [0.5, 0.6) is 5.75 Å². The molecule has 1 heterocycles. The van der Waals surface area contributed by atoms with Crippen LogP contribution in [-0.4, -0.2) is 23.2 Å². The fourth-order valence-corrected chi connectivity index (χ4v) is 2.21. The number of anilines is 1. The lowest BCUT2D eigenvalue weighted by Crippen LogP contribution is -2.13. The Morgan fingerprint density at radius 1 is 1.20 bits per heavy atom. The van der Waals surface area contributed by atoms with Crippen molar-refractivity contribution in [2.24, 2.45) is 0 Å². The van der Waals surface area contributed by atoms with Crippen molar-refractivity contribution >= 4 is 11.6 Å². The number of amides is 1. The van der Waals surface area contributed by atoms with Crippen molar-refractivity contribution in [2.75, 3.05) is 12.4 Å². The van der Waals surface area contributed by atoms with Crippen LogP contribution >= 0.6 is 0 Å². The maximum atomic E-state index is 13.5. The number of carbonyl (C=O) groups excluding carboxylic acids is 1. The van der Waals surface area contributed by atoms with Gasteiger partial charge in [-0.3, -0.25) is 4.79 Å². The molecule has 3 aromatic rings. The van der Waals surface area contributed by atoms with E-state index in [9.17, 15) is 9.18 Å². The maximum Gasteiger partial charge on any atom is 0.227 e. The highest BCUT2D eigenvalue weighted by molar-refractivity contribution is 5.90. The molecule has 1 aromatic heterocycles. The number of para-hydroxylation sites is 1. The molecule has 0 aliphatic rings. The molecule has 1 amide bonds. The lowest BCUT2D eigenvalue weighted by molar-refractivity contribution is -0.116. The molecule has 0 aliphatic carbocycles. The highest BCUT2D eigenvalue weighted by Crippen LogP contribution is 2.20. The number of rotatable bonds is 6. The first-order chi connectivity index (χ1) is 12.2. The highest BCUT2D eigenvalue weighted by Gasteiger charge is 2.12. The molecule has 0 fully saturated rings. The first kappa shape index (κ1) is 16.6. The highest BCUT2D eigenvalue weighted by atomic mass is 19.1. The van der Waals surface area contributed by atoms with Gasteiger partial charge in [0.1, 0.15) is 11.6 Å². The van der Waals surface area contributed by atoms with Crippen LogP contribution in [-0.2, 0) is 11.2 Å². The number of nitrogens with one attached hydrogen (secondary N) is 1. The van der Waals surface area contributed by atoms with Crippen molar-refractivity contribution in [3.05, 3.63) is 60.2 Å². The largest absolute Gasteiger partial charge is 0.497 e. The first-order valence-electron chi connectivity index (χ1n) is 7.67. The maximum absolute atomic E-state index is 13.5. The normalized spacial score (nSPS) is 10.5. The minimum absolute atomic E-state index is 0.110. The zero-order valence-corrected chi connectivity index (χ0v) is 13.5. The topological polar surface area (TPSA) is 77.2 Å². The Bertz CT molecular complexity index is 862. The van der Waals surface area contributed by atoms with Gasteiger partial charge in [0.25, 0.3) is 0 Å². The molecule has 7 heteroatoms. The van der Waals surface area contributed by atoms with Gasteiger partial charge in [0.15, 0.2) is 0 Å². The van der Waals surface area contributed by atoms with E-state index >= 15 is 0 Å². The van der Waals surface area contributed by atoms with Crippen LogP contribution in [0.3, 0.4) is 0 Å². The van der Waals surface area contributed by atoms with Crippen LogP contribution in [0, 0.1) is 5.82 Å². The number of benzene rings is 2. The molecule has 0 saturated heterocycles. The summed E-state index contributed by atoms with van der Waals surface area (Å²) in [5, 5.41) is 6.41. The molecule has 0 unspecified atom stereocenters. The monoisotopic (exact) mass is 341 g/mol. The number of methoxy groups -OCH3 is 1. The summed E-state index contributed by atoms with van der Waals surface area (Å²) in [5.41, 5.74) is 0.934. The molecular formula is C18H16FN3O3. The van der Waals surface area contributed by atoms with Gasteiger partial charge in [0.2, 0.25) is 17.6 Å². The van der Waals surface area contributed by atoms with E-state index in [1.54, 1.807) is 31.4 Å². The first-order valence-corrected chi connectivity index (χ1v) is 7.67. The van der Waals surface area contributed by atoms with E-state index in [1.165, 1.54) is 12.1 Å². The summed E-state index contributed by atoms with van der Waals surface area (Å²) in [6, 6.07) is 13.2. The number of nitrogens with zero attached hydrogens (tertiary/aromatic N) is 2. The Morgan fingerprint density at radius 2 is 1.96 bits per heavy atom. The quantitative estimate of drug-likeness (QED) is 0.743. The molecule has 0 aliphatic heterocycles. The van der Waals surface area contributed by atoms with Crippen LogP contribution in [0.2, 0.25) is 0 Å². The third-order valence-corrected chi connectivity index (χ3v) is 3.53. The standard InChI is InChI=1S/C18H16FN3O3/c1-24-13-8-6-12(7-9-13)18-21-17(25-22-18)11-10-16(23)20-15-5-3-2-4-14(15)19/h2-9H,10-11H2,1H3,(H,20,23). The van der Waals surface area contributed by atoms with Gasteiger partial charge in [-0.1, -0.05) is 17.3 Å². The van der Waals surface area contributed by atoms with Crippen molar-refractivity contribution in [3.8, 4) is 17.1 Å². The van der Waals surface area contributed by atoms with Crippen LogP contribution < -0.4 is 10.1 Å². The predicted octanol–water partition coefficient (Wildman–Crippen LogP) is 3.46. The Kier molecular flexibility index (Phi) is 5.03. The molecule has 0 bridgehead atoms. The number of aromatic nitrogens is 2. The molecule has 6 nitrogen and oxygen atoms in total. The van der Waals surface area contributed by atoms with Gasteiger partial charge in [-0.25, -0.2) is 4.39 Å². The van der Waals surface area contributed by atoms with Crippen molar-refractivity contribution < 1.29 is 18.4 Å². The third kappa shape index (κ3) is 4.20. The molecule has 0 saturated carbocycles. The second-order valence-electron chi connectivity index (χ2n) is 5.27. The average molecular weight is 341 g/mol. The summed E-state index contributed by atoms with van der Waals surface area (Å²) in [6.07, 6.45) is 0.377. The minimum atomic E-state index is -0.476. The van der Waals surface area contributed by atoms with E-state index in [1.807, 2.05) is 12.1 Å². The summed E-state index contributed by atoms with van der Waals surface area (Å²) < 4.78 is 23.7. The summed E-state index contributed by atoms with van der Waals surface area (Å²) in [7, 11) is 1.59. The summed E-state index contributed by atoms with van der Waals surface area (Å²) in [4.78, 5) is 16.2. The summed E-state index contributed by atoms with van der Waals surface area (Å²) in [6.45, 7) is 0. The lowest BCUT2D eigenvalue weighted by Gasteiger charge is -2.04. The van der Waals surface area contributed by atoms with Crippen molar-refractivity contribution in [1.29, 1.82) is 0 Å². The zero-order valence-electron chi connectivity index (χ0n) is 13.5.